The summed E-state index contributed by atoms with van der Waals surface area (Å²) in [5.74, 6) is 0. The van der Waals surface area contributed by atoms with Crippen LogP contribution in [0.5, 0.6) is 0 Å². The van der Waals surface area contributed by atoms with Gasteiger partial charge >= 0.3 is 0 Å². The Morgan fingerprint density at radius 2 is 1.70 bits per heavy atom. The molecule has 2 atom stereocenters. The molecule has 0 N–H and O–H groups in total. The Balaban J connectivity index is 2.53. The van der Waals surface area contributed by atoms with Crippen molar-refractivity contribution in [2.45, 2.75) is 77.6 Å². The van der Waals surface area contributed by atoms with Crippen molar-refractivity contribution >= 4 is 5.71 Å². The van der Waals surface area contributed by atoms with E-state index in [1.165, 1.54) is 5.71 Å². The van der Waals surface area contributed by atoms with Gasteiger partial charge in [-0.25, -0.2) is 0 Å². The van der Waals surface area contributed by atoms with Crippen LogP contribution in [-0.2, 0) is 14.3 Å². The van der Waals surface area contributed by atoms with E-state index in [0.717, 1.165) is 12.8 Å². The highest BCUT2D eigenvalue weighted by atomic mass is 16.7. The third kappa shape index (κ3) is 6.49. The molecule has 1 aliphatic heterocycles. The van der Waals surface area contributed by atoms with E-state index < -0.39 is 0 Å². The van der Waals surface area contributed by atoms with E-state index in [2.05, 4.69) is 39.7 Å². The van der Waals surface area contributed by atoms with Gasteiger partial charge in [0.2, 0.25) is 0 Å². The van der Waals surface area contributed by atoms with E-state index in [4.69, 9.17) is 26.2 Å². The fourth-order valence-corrected chi connectivity index (χ4v) is 3.51. The van der Waals surface area contributed by atoms with Crippen molar-refractivity contribution in [2.75, 3.05) is 26.9 Å². The summed E-state index contributed by atoms with van der Waals surface area (Å²) in [6.45, 7) is 19.9. The van der Waals surface area contributed by atoms with E-state index >= 15 is 0 Å². The van der Waals surface area contributed by atoms with Crippen LogP contribution in [-0.4, -0.2) is 60.9 Å². The lowest BCUT2D eigenvalue weighted by Gasteiger charge is -2.51. The molecule has 134 valence electrons. The van der Waals surface area contributed by atoms with Crippen molar-refractivity contribution in [3.05, 3.63) is 6.92 Å². The fourth-order valence-electron chi connectivity index (χ4n) is 3.51. The molecule has 23 heavy (non-hydrogen) atoms. The number of ether oxygens (including phenoxy) is 2. The Hall–Kier alpha value is -0.490. The van der Waals surface area contributed by atoms with Crippen molar-refractivity contribution in [1.29, 1.82) is 0 Å². The van der Waals surface area contributed by atoms with Gasteiger partial charge in [0, 0.05) is 29.6 Å². The number of hydrogen-bond acceptors (Lipinski definition) is 5. The molecular weight excluding hydrogens is 292 g/mol. The molecule has 0 aromatic carbocycles. The van der Waals surface area contributed by atoms with E-state index in [0.29, 0.717) is 19.8 Å². The van der Waals surface area contributed by atoms with Crippen LogP contribution in [0.3, 0.4) is 0 Å². The highest BCUT2D eigenvalue weighted by Crippen LogP contribution is 2.37. The van der Waals surface area contributed by atoms with Gasteiger partial charge in [0.1, 0.15) is 0 Å². The molecule has 0 spiro atoms. The zero-order valence-electron chi connectivity index (χ0n) is 15.9. The van der Waals surface area contributed by atoms with Crippen molar-refractivity contribution in [2.24, 2.45) is 4.99 Å². The average Bonchev–Trinajstić information content (AvgIpc) is 2.35. The van der Waals surface area contributed by atoms with Crippen molar-refractivity contribution in [3.8, 4) is 0 Å². The summed E-state index contributed by atoms with van der Waals surface area (Å²) in [6, 6.07) is 0.140. The molecule has 2 radical (unpaired) electrons. The summed E-state index contributed by atoms with van der Waals surface area (Å²) in [5, 5.41) is 2.09. The van der Waals surface area contributed by atoms with Gasteiger partial charge in [-0.3, -0.25) is 4.99 Å². The third-order valence-electron chi connectivity index (χ3n) is 3.93. The summed E-state index contributed by atoms with van der Waals surface area (Å²) in [7, 11) is 1.74. The summed E-state index contributed by atoms with van der Waals surface area (Å²) < 4.78 is 10.9. The van der Waals surface area contributed by atoms with Crippen LogP contribution in [0.1, 0.15) is 54.4 Å². The predicted octanol–water partition coefficient (Wildman–Crippen LogP) is 3.16. The first kappa shape index (κ1) is 20.6. The highest BCUT2D eigenvalue weighted by molar-refractivity contribution is 5.87. The van der Waals surface area contributed by atoms with Crippen LogP contribution in [0.25, 0.3) is 0 Å². The van der Waals surface area contributed by atoms with Crippen molar-refractivity contribution in [3.63, 3.8) is 0 Å². The second-order valence-electron chi connectivity index (χ2n) is 7.65. The Kier molecular flexibility index (Phi) is 7.65. The van der Waals surface area contributed by atoms with Gasteiger partial charge in [-0.15, -0.1) is 0 Å². The van der Waals surface area contributed by atoms with Gasteiger partial charge in [0.05, 0.1) is 39.1 Å². The molecule has 1 heterocycles. The second-order valence-corrected chi connectivity index (χ2v) is 7.65. The summed E-state index contributed by atoms with van der Waals surface area (Å²) >= 11 is 0. The molecule has 1 fully saturated rings. The molecule has 0 aromatic rings. The molecule has 5 nitrogen and oxygen atoms in total. The van der Waals surface area contributed by atoms with Gasteiger partial charge in [0.25, 0.3) is 0 Å². The number of nitrogens with zero attached hydrogens (tertiary/aromatic N) is 2. The summed E-state index contributed by atoms with van der Waals surface area (Å²) in [4.78, 5) is 10.5. The van der Waals surface area contributed by atoms with Gasteiger partial charge in [-0.05, 0) is 48.5 Å². The molecule has 0 aromatic heterocycles. The molecule has 0 bridgehead atoms. The molecule has 5 heteroatoms. The quantitative estimate of drug-likeness (QED) is 0.643. The van der Waals surface area contributed by atoms with E-state index in [-0.39, 0.29) is 23.2 Å². The Labute approximate surface area is 142 Å². The predicted molar refractivity (Wildman–Crippen MR) is 93.7 cm³/mol. The Morgan fingerprint density at radius 3 is 2.17 bits per heavy atom. The molecule has 0 amide bonds. The van der Waals surface area contributed by atoms with Crippen molar-refractivity contribution < 1.29 is 14.3 Å². The molecule has 0 saturated carbocycles. The monoisotopic (exact) mass is 326 g/mol. The van der Waals surface area contributed by atoms with E-state index in [1.54, 1.807) is 7.11 Å². The third-order valence-corrected chi connectivity index (χ3v) is 3.93. The molecule has 0 aliphatic carbocycles. The minimum Gasteiger partial charge on any atom is -0.377 e. The highest BCUT2D eigenvalue weighted by Gasteiger charge is 2.44. The topological polar surface area (TPSA) is 43.3 Å². The Bertz CT molecular complexity index is 372. The maximum Gasteiger partial charge on any atom is 0.0704 e. The summed E-state index contributed by atoms with van der Waals surface area (Å²) in [6.07, 6.45) is 1.57. The van der Waals surface area contributed by atoms with Crippen LogP contribution in [0.15, 0.2) is 4.99 Å². The van der Waals surface area contributed by atoms with E-state index in [1.807, 2.05) is 6.92 Å². The van der Waals surface area contributed by atoms with Gasteiger partial charge in [-0.2, -0.15) is 5.06 Å². The Morgan fingerprint density at radius 1 is 1.13 bits per heavy atom. The zero-order chi connectivity index (χ0) is 17.7. The first-order valence-electron chi connectivity index (χ1n) is 8.43. The van der Waals surface area contributed by atoms with Crippen LogP contribution in [0.4, 0.5) is 0 Å². The first-order chi connectivity index (χ1) is 10.6. The van der Waals surface area contributed by atoms with Gasteiger partial charge in [-0.1, -0.05) is 0 Å². The van der Waals surface area contributed by atoms with E-state index in [9.17, 15) is 0 Å². The smallest absolute Gasteiger partial charge is 0.0704 e. The van der Waals surface area contributed by atoms with Crippen LogP contribution >= 0.6 is 0 Å². The molecule has 1 saturated heterocycles. The number of aliphatic imine (C=N–C) groups is 1. The van der Waals surface area contributed by atoms with Crippen LogP contribution in [0, 0.1) is 6.92 Å². The number of hydroxylamine groups is 2. The zero-order valence-corrected chi connectivity index (χ0v) is 15.9. The first-order valence-corrected chi connectivity index (χ1v) is 8.43. The largest absolute Gasteiger partial charge is 0.377 e. The molecular formula is C18H34N2O3. The minimum absolute atomic E-state index is 0.0684. The lowest BCUT2D eigenvalue weighted by molar-refractivity contribution is -0.249. The van der Waals surface area contributed by atoms with Gasteiger partial charge in [0.15, 0.2) is 0 Å². The second kappa shape index (κ2) is 8.56. The summed E-state index contributed by atoms with van der Waals surface area (Å²) in [5.41, 5.74) is 1.10. The fraction of sp³-hybridized carbons (Fsp3) is 0.889. The van der Waals surface area contributed by atoms with Crippen LogP contribution < -0.4 is 0 Å². The standard InChI is InChI=1S/C18H34N2O3/c1-14(2)23-10-9-22-13-15(3)19-16-11-17(4,5)20(21-8)18(6,7)12-16/h1,14-15H,9-13H2,2-8H3. The SMILES string of the molecule is [CH]C(C)OCCOCC(C)N=C1CC(C)(C)N(OC)C(C)(C)C1. The van der Waals surface area contributed by atoms with Crippen molar-refractivity contribution in [1.82, 2.24) is 5.06 Å². The maximum atomic E-state index is 5.62. The number of rotatable bonds is 8. The normalized spacial score (nSPS) is 22.4. The van der Waals surface area contributed by atoms with Crippen LogP contribution in [0.2, 0.25) is 0 Å². The lowest BCUT2D eigenvalue weighted by Crippen LogP contribution is -2.60. The lowest BCUT2D eigenvalue weighted by atomic mass is 9.80. The average molecular weight is 326 g/mol. The number of hydrogen-bond donors (Lipinski definition) is 0. The molecule has 1 rings (SSSR count). The molecule has 2 unspecified atom stereocenters. The minimum atomic E-state index is -0.244. The maximum absolute atomic E-state index is 5.62. The molecule has 1 aliphatic rings. The van der Waals surface area contributed by atoms with Gasteiger partial charge < -0.3 is 14.3 Å². The number of piperidine rings is 1.